The van der Waals surface area contributed by atoms with Gasteiger partial charge in [0.2, 0.25) is 0 Å². The first-order valence-electron chi connectivity index (χ1n) is 9.34. The molecule has 22 heavy (non-hydrogen) atoms. The van der Waals surface area contributed by atoms with Crippen molar-refractivity contribution in [1.82, 2.24) is 0 Å². The lowest BCUT2D eigenvalue weighted by atomic mass is 9.48. The summed E-state index contributed by atoms with van der Waals surface area (Å²) < 4.78 is 12.0. The van der Waals surface area contributed by atoms with Crippen LogP contribution in [-0.4, -0.2) is 19.5 Å². The highest BCUT2D eigenvalue weighted by Gasteiger charge is 2.52. The molecule has 0 radical (unpaired) electrons. The molecule has 2 nitrogen and oxygen atoms in total. The highest BCUT2D eigenvalue weighted by atomic mass is 16.7. The Morgan fingerprint density at radius 1 is 1.14 bits per heavy atom. The van der Waals surface area contributed by atoms with Crippen LogP contribution in [0.4, 0.5) is 0 Å². The van der Waals surface area contributed by atoms with Gasteiger partial charge < -0.3 is 9.47 Å². The minimum Gasteiger partial charge on any atom is -0.353 e. The maximum absolute atomic E-state index is 6.19. The summed E-state index contributed by atoms with van der Waals surface area (Å²) in [7, 11) is 0. The van der Waals surface area contributed by atoms with Gasteiger partial charge >= 0.3 is 0 Å². The molecule has 0 N–H and O–H groups in total. The smallest absolute Gasteiger partial charge is 0.157 e. The largest absolute Gasteiger partial charge is 0.353 e. The third-order valence-electron chi connectivity index (χ3n) is 6.91. The first-order valence-corrected chi connectivity index (χ1v) is 9.34. The van der Waals surface area contributed by atoms with Crippen molar-refractivity contribution in [1.29, 1.82) is 0 Å². The second-order valence-corrected chi connectivity index (χ2v) is 8.78. The summed E-state index contributed by atoms with van der Waals surface area (Å²) in [6.07, 6.45) is 10.1. The lowest BCUT2D eigenvalue weighted by molar-refractivity contribution is -0.181. The van der Waals surface area contributed by atoms with Gasteiger partial charge in [-0.15, -0.1) is 0 Å². The Morgan fingerprint density at radius 3 is 2.68 bits per heavy atom. The zero-order valence-electron chi connectivity index (χ0n) is 14.8. The van der Waals surface area contributed by atoms with Crippen LogP contribution in [0, 0.1) is 22.7 Å². The summed E-state index contributed by atoms with van der Waals surface area (Å²) >= 11 is 0. The minimum atomic E-state index is 0.0297. The van der Waals surface area contributed by atoms with E-state index >= 15 is 0 Å². The fourth-order valence-corrected chi connectivity index (χ4v) is 5.63. The average molecular weight is 306 g/mol. The molecule has 0 amide bonds. The van der Waals surface area contributed by atoms with Gasteiger partial charge in [0.1, 0.15) is 0 Å². The molecule has 126 valence electrons. The van der Waals surface area contributed by atoms with Crippen molar-refractivity contribution in [3.8, 4) is 0 Å². The molecule has 2 heteroatoms. The zero-order chi connectivity index (χ0) is 15.8. The molecule has 3 aliphatic rings. The number of fused-ring (bicyclic) bond motifs is 1. The van der Waals surface area contributed by atoms with E-state index < -0.39 is 0 Å². The van der Waals surface area contributed by atoms with E-state index in [0.717, 1.165) is 25.6 Å². The molecule has 3 unspecified atom stereocenters. The molecule has 2 saturated carbocycles. The second-order valence-electron chi connectivity index (χ2n) is 8.78. The highest BCUT2D eigenvalue weighted by Crippen LogP contribution is 2.60. The Morgan fingerprint density at radius 2 is 1.95 bits per heavy atom. The van der Waals surface area contributed by atoms with Crippen LogP contribution in [0.5, 0.6) is 0 Å². The standard InChI is InChI=1S/C20H34O2/c1-15-9-10-17-19(2,3)11-7-12-20(17,4)16(15)14-22-18-8-5-6-13-21-18/h16-18H,1,5-14H2,2-4H3/t16?,17-,18?,20?/m0/s1. The van der Waals surface area contributed by atoms with Gasteiger partial charge in [0.15, 0.2) is 6.29 Å². The highest BCUT2D eigenvalue weighted by molar-refractivity contribution is 5.15. The van der Waals surface area contributed by atoms with Crippen molar-refractivity contribution in [2.75, 3.05) is 13.2 Å². The molecule has 3 fully saturated rings. The SMILES string of the molecule is C=C1CC[C@H]2C(C)(C)CCCC2(C)C1COC1CCCCO1. The van der Waals surface area contributed by atoms with Crippen LogP contribution in [0.1, 0.15) is 72.1 Å². The molecule has 1 aliphatic heterocycles. The van der Waals surface area contributed by atoms with Crippen molar-refractivity contribution in [3.05, 3.63) is 12.2 Å². The van der Waals surface area contributed by atoms with Crippen molar-refractivity contribution in [2.24, 2.45) is 22.7 Å². The maximum atomic E-state index is 6.19. The lowest BCUT2D eigenvalue weighted by Gasteiger charge is -2.58. The fourth-order valence-electron chi connectivity index (χ4n) is 5.63. The Balaban J connectivity index is 1.71. The van der Waals surface area contributed by atoms with E-state index in [0.29, 0.717) is 16.7 Å². The monoisotopic (exact) mass is 306 g/mol. The molecule has 0 aromatic rings. The molecule has 0 aromatic carbocycles. The summed E-state index contributed by atoms with van der Waals surface area (Å²) in [6.45, 7) is 13.6. The topological polar surface area (TPSA) is 18.5 Å². The van der Waals surface area contributed by atoms with Crippen molar-refractivity contribution >= 4 is 0 Å². The van der Waals surface area contributed by atoms with Crippen LogP contribution in [0.3, 0.4) is 0 Å². The predicted molar refractivity (Wildman–Crippen MR) is 90.6 cm³/mol. The van der Waals surface area contributed by atoms with Crippen LogP contribution < -0.4 is 0 Å². The van der Waals surface area contributed by atoms with E-state index in [9.17, 15) is 0 Å². The predicted octanol–water partition coefficient (Wildman–Crippen LogP) is 5.33. The van der Waals surface area contributed by atoms with Crippen LogP contribution in [0.2, 0.25) is 0 Å². The molecule has 0 bridgehead atoms. The Bertz CT molecular complexity index is 408. The zero-order valence-corrected chi connectivity index (χ0v) is 14.8. The first-order chi connectivity index (χ1) is 10.4. The number of rotatable bonds is 3. The third kappa shape index (κ3) is 3.01. The van der Waals surface area contributed by atoms with Gasteiger partial charge in [-0.1, -0.05) is 39.3 Å². The fraction of sp³-hybridized carbons (Fsp3) is 0.900. The first kappa shape index (κ1) is 16.5. The summed E-state index contributed by atoms with van der Waals surface area (Å²) in [5.41, 5.74) is 2.26. The molecule has 1 saturated heterocycles. The van der Waals surface area contributed by atoms with Gasteiger partial charge in [0.25, 0.3) is 0 Å². The van der Waals surface area contributed by atoms with Gasteiger partial charge in [-0.05, 0) is 61.7 Å². The van der Waals surface area contributed by atoms with E-state index in [-0.39, 0.29) is 6.29 Å². The van der Waals surface area contributed by atoms with Gasteiger partial charge in [-0.3, -0.25) is 0 Å². The third-order valence-corrected chi connectivity index (χ3v) is 6.91. The number of ether oxygens (including phenoxy) is 2. The van der Waals surface area contributed by atoms with Crippen molar-refractivity contribution < 1.29 is 9.47 Å². The average Bonchev–Trinajstić information content (AvgIpc) is 2.46. The van der Waals surface area contributed by atoms with Crippen molar-refractivity contribution in [3.63, 3.8) is 0 Å². The van der Waals surface area contributed by atoms with Crippen LogP contribution in [0.25, 0.3) is 0 Å². The Kier molecular flexibility index (Phi) is 4.71. The van der Waals surface area contributed by atoms with Crippen LogP contribution in [0.15, 0.2) is 12.2 Å². The van der Waals surface area contributed by atoms with E-state index in [4.69, 9.17) is 9.47 Å². The quantitative estimate of drug-likeness (QED) is 0.656. The number of hydrogen-bond acceptors (Lipinski definition) is 2. The van der Waals surface area contributed by atoms with E-state index in [2.05, 4.69) is 27.4 Å². The lowest BCUT2D eigenvalue weighted by Crippen LogP contribution is -2.51. The normalized spacial score (nSPS) is 42.0. The second kappa shape index (κ2) is 6.28. The molecule has 0 aromatic heterocycles. The van der Waals surface area contributed by atoms with E-state index in [1.807, 2.05) is 0 Å². The molecular formula is C20H34O2. The molecule has 2 aliphatic carbocycles. The van der Waals surface area contributed by atoms with Gasteiger partial charge in [0, 0.05) is 12.5 Å². The summed E-state index contributed by atoms with van der Waals surface area (Å²) in [4.78, 5) is 0. The van der Waals surface area contributed by atoms with Crippen LogP contribution in [-0.2, 0) is 9.47 Å². The Labute approximate surface area is 136 Å². The van der Waals surface area contributed by atoms with Gasteiger partial charge in [-0.2, -0.15) is 0 Å². The molecule has 0 spiro atoms. The van der Waals surface area contributed by atoms with Gasteiger partial charge in [-0.25, -0.2) is 0 Å². The molecule has 3 rings (SSSR count). The molecule has 1 heterocycles. The summed E-state index contributed by atoms with van der Waals surface area (Å²) in [6, 6.07) is 0. The van der Waals surface area contributed by atoms with Crippen molar-refractivity contribution in [2.45, 2.75) is 78.4 Å². The maximum Gasteiger partial charge on any atom is 0.157 e. The Hall–Kier alpha value is -0.340. The van der Waals surface area contributed by atoms with E-state index in [1.54, 1.807) is 0 Å². The van der Waals surface area contributed by atoms with Crippen LogP contribution >= 0.6 is 0 Å². The summed E-state index contributed by atoms with van der Waals surface area (Å²) in [5, 5.41) is 0. The number of hydrogen-bond donors (Lipinski definition) is 0. The molecule has 4 atom stereocenters. The molecular weight excluding hydrogens is 272 g/mol. The van der Waals surface area contributed by atoms with Gasteiger partial charge in [0.05, 0.1) is 6.61 Å². The summed E-state index contributed by atoms with van der Waals surface area (Å²) in [5.74, 6) is 1.32. The minimum absolute atomic E-state index is 0.0297. The van der Waals surface area contributed by atoms with E-state index in [1.165, 1.54) is 50.5 Å².